The fourth-order valence-electron chi connectivity index (χ4n) is 14.1. The third-order valence-electron chi connectivity index (χ3n) is 19.6. The standard InChI is InChI=1S/C33H40N8O3S.C25H22N6O2S.C23H24N8S.C7H16N2O2/c1-22-28(40-20-23(14-15-25(40)36-22)19-39(5)17-16-34-32(42)44-33(2,3)4)31-37-27(24-11-7-6-8-12-24)29(45-31)30-35-21-41(38-30)26-13-9-10-18-43-26;1-16-22(30-13-17(14-32)10-11-19(30)27-16)25-28-21(18-7-3-2-4-8-18)23(34-25)24-26-15-31(29-24)20-9-5-6-12-33-20;1-15-20(31-13-16(8-9-18(31)27-15)12-30(2)11-10-24)23-28-19(17-6-4-3-5-7-17)21(32-23)22-25-14-26-29-22;1-7(2,3)11-6(10)9-5-4-8/h6-8,11-12,14-15,20-21,26H,9-10,13,16-19H2,1-5H3,(H,34,42);2-4,7-8,10-11,13-15,20H,5-6,9,12H2,1H3;3-9,13-14H,10-12,24H2,1-2H3,(H,25,26,29);4-5,8H2,1-3H3,(H,9,10). The number of rotatable bonds is 23. The summed E-state index contributed by atoms with van der Waals surface area (Å²) in [4.78, 5) is 84.7. The number of nitrogens with zero attached hydrogens (tertiary/aromatic N) is 19. The summed E-state index contributed by atoms with van der Waals surface area (Å²) in [6.07, 6.45) is 17.2. The molecule has 0 aliphatic carbocycles. The van der Waals surface area contributed by atoms with Crippen LogP contribution in [0.15, 0.2) is 165 Å². The molecule has 0 spiro atoms. The van der Waals surface area contributed by atoms with Crippen LogP contribution in [0, 0.1) is 20.8 Å². The van der Waals surface area contributed by atoms with Gasteiger partial charge in [0.2, 0.25) is 0 Å². The number of hydrogen-bond donors (Lipinski definition) is 5. The van der Waals surface area contributed by atoms with Crippen molar-refractivity contribution in [3.8, 4) is 98.0 Å². The number of aromatic amines is 1. The number of amides is 2. The molecule has 2 aliphatic heterocycles. The lowest BCUT2D eigenvalue weighted by Gasteiger charge is -2.21. The van der Waals surface area contributed by atoms with Gasteiger partial charge in [0.1, 0.15) is 89.0 Å². The number of nitrogens with two attached hydrogens (primary N) is 2. The summed E-state index contributed by atoms with van der Waals surface area (Å²) in [7, 11) is 4.11. The van der Waals surface area contributed by atoms with Crippen molar-refractivity contribution < 1.29 is 33.3 Å². The van der Waals surface area contributed by atoms with E-state index >= 15 is 0 Å². The average Bonchev–Trinajstić information content (AvgIpc) is 1.61. The first kappa shape index (κ1) is 86.4. The molecule has 0 saturated carbocycles. The molecule has 2 fully saturated rings. The highest BCUT2D eigenvalue weighted by atomic mass is 32.1. The lowest BCUT2D eigenvalue weighted by molar-refractivity contribution is -0.0396. The summed E-state index contributed by atoms with van der Waals surface area (Å²) in [6, 6.07) is 42.3. The molecule has 122 heavy (non-hydrogen) atoms. The molecule has 2 unspecified atom stereocenters. The number of aryl methyl sites for hydroxylation is 3. The Hall–Kier alpha value is -12.0. The Morgan fingerprint density at radius 2 is 0.943 bits per heavy atom. The molecule has 3 aromatic carbocycles. The summed E-state index contributed by atoms with van der Waals surface area (Å²) in [5.74, 6) is 1.97. The van der Waals surface area contributed by atoms with E-state index in [0.717, 1.165) is 191 Å². The highest BCUT2D eigenvalue weighted by Crippen LogP contribution is 2.45. The van der Waals surface area contributed by atoms with E-state index in [1.54, 1.807) is 47.6 Å². The fourth-order valence-corrected chi connectivity index (χ4v) is 17.5. The van der Waals surface area contributed by atoms with Gasteiger partial charge in [-0.1, -0.05) is 103 Å². The minimum atomic E-state index is -0.520. The number of benzene rings is 3. The van der Waals surface area contributed by atoms with Crippen molar-refractivity contribution in [1.82, 2.24) is 108 Å². The van der Waals surface area contributed by atoms with Gasteiger partial charge in [-0.05, 0) is 150 Å². The van der Waals surface area contributed by atoms with Crippen molar-refractivity contribution in [3.05, 3.63) is 199 Å². The number of alkyl carbamates (subject to hydrolysis) is 2. The number of likely N-dealkylation sites (N-methyl/N-ethyl adjacent to an activating group) is 2. The predicted octanol–water partition coefficient (Wildman–Crippen LogP) is 15.6. The largest absolute Gasteiger partial charge is 0.444 e. The molecule has 2 atom stereocenters. The number of thiazole rings is 3. The number of imidazole rings is 3. The summed E-state index contributed by atoms with van der Waals surface area (Å²) in [6.45, 7) is 23.6. The molecular formula is C88H102N24O7S3. The number of carbonyl (C=O) groups is 3. The topological polar surface area (TPSA) is 364 Å². The average molecular weight is 1700 g/mol. The van der Waals surface area contributed by atoms with Crippen molar-refractivity contribution in [1.29, 1.82) is 0 Å². The van der Waals surface area contributed by atoms with Crippen LogP contribution in [0.4, 0.5) is 9.59 Å². The molecule has 2 aliphatic rings. The van der Waals surface area contributed by atoms with Gasteiger partial charge in [-0.3, -0.25) is 23.1 Å². The number of carbonyl (C=O) groups excluding carboxylic acids is 3. The zero-order chi connectivity index (χ0) is 85.6. The Kier molecular flexibility index (Phi) is 27.8. The number of H-pyrrole nitrogens is 1. The number of aromatic nitrogens is 18. The Labute approximate surface area is 719 Å². The van der Waals surface area contributed by atoms with Crippen molar-refractivity contribution >= 4 is 69.4 Å². The number of pyridine rings is 3. The molecule has 7 N–H and O–H groups in total. The van der Waals surface area contributed by atoms with Crippen LogP contribution in [0.5, 0.6) is 0 Å². The molecule has 12 aromatic heterocycles. The van der Waals surface area contributed by atoms with Gasteiger partial charge in [0, 0.05) is 106 Å². The number of fused-ring (bicyclic) bond motifs is 3. The highest BCUT2D eigenvalue weighted by Gasteiger charge is 2.29. The van der Waals surface area contributed by atoms with E-state index in [4.69, 9.17) is 70.5 Å². The molecule has 17 rings (SSSR count). The molecule has 2 saturated heterocycles. The van der Waals surface area contributed by atoms with Crippen LogP contribution in [0.1, 0.15) is 131 Å². The van der Waals surface area contributed by atoms with E-state index in [1.807, 2.05) is 162 Å². The number of nitrogens with one attached hydrogen (secondary N) is 3. The van der Waals surface area contributed by atoms with Gasteiger partial charge in [-0.25, -0.2) is 63.8 Å². The third-order valence-corrected chi connectivity index (χ3v) is 22.8. The highest BCUT2D eigenvalue weighted by molar-refractivity contribution is 7.19. The van der Waals surface area contributed by atoms with Crippen LogP contribution >= 0.6 is 34.0 Å². The lowest BCUT2D eigenvalue weighted by Crippen LogP contribution is -2.36. The maximum absolute atomic E-state index is 12.0. The van der Waals surface area contributed by atoms with Crippen LogP contribution < -0.4 is 22.1 Å². The molecule has 31 nitrogen and oxygen atoms in total. The second kappa shape index (κ2) is 39.2. The maximum Gasteiger partial charge on any atom is 0.407 e. The number of hydrogen-bond acceptors (Lipinski definition) is 26. The first-order valence-electron chi connectivity index (χ1n) is 40.7. The van der Waals surface area contributed by atoms with Crippen molar-refractivity contribution in [2.24, 2.45) is 11.5 Å². The van der Waals surface area contributed by atoms with Crippen LogP contribution in [-0.4, -0.2) is 194 Å². The molecule has 14 heterocycles. The zero-order valence-corrected chi connectivity index (χ0v) is 72.8. The Bertz CT molecular complexity index is 6010. The van der Waals surface area contributed by atoms with Crippen LogP contribution in [0.25, 0.3) is 115 Å². The van der Waals surface area contributed by atoms with Gasteiger partial charge in [0.05, 0.1) is 39.0 Å². The fraction of sp³-hybridized carbons (Fsp3) is 0.352. The van der Waals surface area contributed by atoms with Crippen LogP contribution in [-0.2, 0) is 32.0 Å². The van der Waals surface area contributed by atoms with Crippen molar-refractivity contribution in [2.75, 3.05) is 66.6 Å². The van der Waals surface area contributed by atoms with E-state index in [0.29, 0.717) is 62.3 Å². The Morgan fingerprint density at radius 3 is 1.34 bits per heavy atom. The first-order valence-corrected chi connectivity index (χ1v) is 43.1. The summed E-state index contributed by atoms with van der Waals surface area (Å²) >= 11 is 4.70. The van der Waals surface area contributed by atoms with E-state index in [9.17, 15) is 14.4 Å². The molecule has 0 radical (unpaired) electrons. The van der Waals surface area contributed by atoms with E-state index in [1.165, 1.54) is 23.2 Å². The molecule has 634 valence electrons. The predicted molar refractivity (Wildman–Crippen MR) is 475 cm³/mol. The third kappa shape index (κ3) is 21.3. The lowest BCUT2D eigenvalue weighted by atomic mass is 10.1. The minimum Gasteiger partial charge on any atom is -0.444 e. The van der Waals surface area contributed by atoms with Gasteiger partial charge >= 0.3 is 12.2 Å². The van der Waals surface area contributed by atoms with Crippen LogP contribution in [0.2, 0.25) is 0 Å². The van der Waals surface area contributed by atoms with Gasteiger partial charge in [0.15, 0.2) is 36.2 Å². The van der Waals surface area contributed by atoms with Crippen molar-refractivity contribution in [2.45, 2.75) is 138 Å². The monoisotopic (exact) mass is 1700 g/mol. The number of aldehydes is 1. The van der Waals surface area contributed by atoms with Gasteiger partial charge in [0.25, 0.3) is 0 Å². The smallest absolute Gasteiger partial charge is 0.407 e. The Morgan fingerprint density at radius 1 is 0.525 bits per heavy atom. The second-order valence-electron chi connectivity index (χ2n) is 31.6. The van der Waals surface area contributed by atoms with Crippen molar-refractivity contribution in [3.63, 3.8) is 0 Å². The molecule has 34 heteroatoms. The van der Waals surface area contributed by atoms with E-state index in [2.05, 4.69) is 116 Å². The Balaban J connectivity index is 0.000000142. The summed E-state index contributed by atoms with van der Waals surface area (Å²) in [5.41, 5.74) is 26.4. The number of ether oxygens (including phenoxy) is 4. The van der Waals surface area contributed by atoms with Crippen LogP contribution in [0.3, 0.4) is 0 Å². The van der Waals surface area contributed by atoms with E-state index in [-0.39, 0.29) is 12.5 Å². The zero-order valence-electron chi connectivity index (χ0n) is 70.4. The minimum absolute atomic E-state index is 0.0784. The normalized spacial score (nSPS) is 14.3. The summed E-state index contributed by atoms with van der Waals surface area (Å²) < 4.78 is 32.0. The van der Waals surface area contributed by atoms with Gasteiger partial charge in [-0.2, -0.15) is 5.10 Å². The quantitative estimate of drug-likeness (QED) is 0.0371. The first-order chi connectivity index (χ1) is 58.9. The maximum atomic E-state index is 12.0. The van der Waals surface area contributed by atoms with Gasteiger partial charge in [-0.15, -0.1) is 44.2 Å². The SMILES string of the molecule is CC(C)(C)OC(=O)NCCN.Cc1nc2ccc(C=O)cn2c1-c1nc(-c2ccccc2)c(-c2ncn(C3CCCCO3)n2)s1.Cc1nc2ccc(CN(C)CCN)cn2c1-c1nc(-c2ccccc2)c(-c2ncn[nH]2)s1.Cc1nc2ccc(CN(C)CCNC(=O)OC(C)(C)C)cn2c1-c1nc(-c2ccccc2)c(-c2ncn(C3CCCCO3)n2)s1. The molecular weight excluding hydrogens is 1600 g/mol. The molecule has 15 aromatic rings. The summed E-state index contributed by atoms with van der Waals surface area (Å²) in [5, 5.41) is 24.5. The van der Waals surface area contributed by atoms with E-state index < -0.39 is 23.4 Å². The van der Waals surface area contributed by atoms with Gasteiger partial charge < -0.3 is 50.8 Å². The molecule has 2 amide bonds. The second-order valence-corrected chi connectivity index (χ2v) is 34.6. The molecule has 0 bridgehead atoms.